The lowest BCUT2D eigenvalue weighted by Gasteiger charge is -2.12. The highest BCUT2D eigenvalue weighted by Crippen LogP contribution is 2.21. The topological polar surface area (TPSA) is 18.5 Å². The minimum Gasteiger partial charge on any atom is -0.490 e. The van der Waals surface area contributed by atoms with Gasteiger partial charge in [-0.05, 0) is 60.4 Å². The quantitative estimate of drug-likeness (QED) is 0.665. The van der Waals surface area contributed by atoms with Crippen LogP contribution in [0.4, 0.5) is 0 Å². The second-order valence-electron chi connectivity index (χ2n) is 5.16. The van der Waals surface area contributed by atoms with Crippen LogP contribution in [-0.4, -0.2) is 13.2 Å². The molecule has 2 rings (SSSR count). The van der Waals surface area contributed by atoms with Crippen molar-refractivity contribution in [2.24, 2.45) is 0 Å². The number of hydrogen-bond donors (Lipinski definition) is 0. The van der Waals surface area contributed by atoms with E-state index in [1.165, 1.54) is 0 Å². The van der Waals surface area contributed by atoms with Gasteiger partial charge in [-0.25, -0.2) is 0 Å². The van der Waals surface area contributed by atoms with Gasteiger partial charge in [0.25, 0.3) is 0 Å². The van der Waals surface area contributed by atoms with E-state index in [4.69, 9.17) is 9.47 Å². The fourth-order valence-electron chi connectivity index (χ4n) is 2.23. The summed E-state index contributed by atoms with van der Waals surface area (Å²) in [6.07, 6.45) is 3.66. The summed E-state index contributed by atoms with van der Waals surface area (Å²) in [5.74, 6) is 1.76. The van der Waals surface area contributed by atoms with Crippen LogP contribution < -0.4 is 9.47 Å². The monoisotopic (exact) mass is 294 g/mol. The summed E-state index contributed by atoms with van der Waals surface area (Å²) in [6, 6.07) is 12.0. The maximum absolute atomic E-state index is 5.77. The molecule has 2 nitrogen and oxygen atoms in total. The van der Waals surface area contributed by atoms with Crippen molar-refractivity contribution < 1.29 is 9.47 Å². The van der Waals surface area contributed by atoms with Gasteiger partial charge in [0.1, 0.15) is 24.7 Å². The molecule has 0 aliphatic heterocycles. The van der Waals surface area contributed by atoms with Gasteiger partial charge in [0, 0.05) is 0 Å². The molecule has 0 saturated heterocycles. The molecular formula is C20H22O2. The number of ether oxygens (including phenoxy) is 2. The van der Waals surface area contributed by atoms with Crippen LogP contribution in [0.15, 0.2) is 49.6 Å². The van der Waals surface area contributed by atoms with Crippen molar-refractivity contribution in [2.75, 3.05) is 13.2 Å². The molecule has 0 aliphatic rings. The molecule has 0 amide bonds. The Hall–Kier alpha value is -2.48. The van der Waals surface area contributed by atoms with Crippen molar-refractivity contribution in [3.8, 4) is 11.5 Å². The molecule has 0 unspecified atom stereocenters. The molecule has 0 saturated carbocycles. The van der Waals surface area contributed by atoms with E-state index in [9.17, 15) is 0 Å². The predicted octanol–water partition coefficient (Wildman–Crippen LogP) is 5.05. The Morgan fingerprint density at radius 1 is 0.773 bits per heavy atom. The number of hydrogen-bond acceptors (Lipinski definition) is 2. The molecule has 0 N–H and O–H groups in total. The molecule has 0 bridgehead atoms. The summed E-state index contributed by atoms with van der Waals surface area (Å²) >= 11 is 0. The zero-order chi connectivity index (χ0) is 15.9. The van der Waals surface area contributed by atoms with Gasteiger partial charge in [0.05, 0.1) is 0 Å². The van der Waals surface area contributed by atoms with Crippen LogP contribution >= 0.6 is 0 Å². The predicted molar refractivity (Wildman–Crippen MR) is 93.5 cm³/mol. The van der Waals surface area contributed by atoms with E-state index in [2.05, 4.69) is 25.3 Å². The second-order valence-corrected chi connectivity index (χ2v) is 5.16. The summed E-state index contributed by atoms with van der Waals surface area (Å²) in [6.45, 7) is 12.6. The van der Waals surface area contributed by atoms with Crippen molar-refractivity contribution in [2.45, 2.75) is 13.8 Å². The molecule has 0 aliphatic carbocycles. The summed E-state index contributed by atoms with van der Waals surface area (Å²) in [5, 5.41) is 0. The Morgan fingerprint density at radius 3 is 1.50 bits per heavy atom. The lowest BCUT2D eigenvalue weighted by molar-refractivity contribution is 0.215. The molecule has 2 aromatic rings. The highest BCUT2D eigenvalue weighted by Gasteiger charge is 2.02. The molecule has 2 aromatic carbocycles. The van der Waals surface area contributed by atoms with Crippen LogP contribution in [0.1, 0.15) is 22.3 Å². The smallest absolute Gasteiger partial charge is 0.122 e. The van der Waals surface area contributed by atoms with E-state index in [-0.39, 0.29) is 0 Å². The molecule has 22 heavy (non-hydrogen) atoms. The molecular weight excluding hydrogens is 272 g/mol. The first-order valence-corrected chi connectivity index (χ1v) is 7.36. The van der Waals surface area contributed by atoms with E-state index in [0.717, 1.165) is 33.8 Å². The Bertz CT molecular complexity index is 612. The Morgan fingerprint density at radius 2 is 1.18 bits per heavy atom. The third-order valence-corrected chi connectivity index (χ3v) is 3.47. The van der Waals surface area contributed by atoms with Gasteiger partial charge in [-0.1, -0.05) is 37.4 Å². The van der Waals surface area contributed by atoms with E-state index < -0.39 is 0 Å². The fraction of sp³-hybridized carbons (Fsp3) is 0.200. The number of benzene rings is 2. The highest BCUT2D eigenvalue weighted by atomic mass is 16.5. The molecule has 114 valence electrons. The van der Waals surface area contributed by atoms with Crippen LogP contribution in [0.3, 0.4) is 0 Å². The van der Waals surface area contributed by atoms with Gasteiger partial charge in [-0.15, -0.1) is 0 Å². The van der Waals surface area contributed by atoms with Gasteiger partial charge >= 0.3 is 0 Å². The highest BCUT2D eigenvalue weighted by molar-refractivity contribution is 5.52. The summed E-state index contributed by atoms with van der Waals surface area (Å²) < 4.78 is 11.5. The standard InChI is InChI=1S/C20H22O2/c1-5-17-7-9-19(15(3)13-17)21-11-12-22-20-10-8-18(6-2)14-16(20)4/h5-10,13-14H,1-2,11-12H2,3-4H3. The molecule has 0 radical (unpaired) electrons. The minimum absolute atomic E-state index is 0.511. The summed E-state index contributed by atoms with van der Waals surface area (Å²) in [5.41, 5.74) is 4.39. The van der Waals surface area contributed by atoms with Gasteiger partial charge in [0.15, 0.2) is 0 Å². The Kier molecular flexibility index (Phi) is 5.42. The van der Waals surface area contributed by atoms with Crippen LogP contribution in [0.2, 0.25) is 0 Å². The van der Waals surface area contributed by atoms with Crippen LogP contribution in [0, 0.1) is 13.8 Å². The van der Waals surface area contributed by atoms with Crippen LogP contribution in [0.25, 0.3) is 12.2 Å². The average molecular weight is 294 g/mol. The number of rotatable bonds is 7. The molecule has 0 aromatic heterocycles. The maximum Gasteiger partial charge on any atom is 0.122 e. The molecule has 0 spiro atoms. The SMILES string of the molecule is C=Cc1ccc(OCCOc2ccc(C=C)cc2C)c(C)c1. The van der Waals surface area contributed by atoms with Crippen molar-refractivity contribution in [3.63, 3.8) is 0 Å². The summed E-state index contributed by atoms with van der Waals surface area (Å²) in [4.78, 5) is 0. The van der Waals surface area contributed by atoms with E-state index >= 15 is 0 Å². The zero-order valence-corrected chi connectivity index (χ0v) is 13.3. The normalized spacial score (nSPS) is 10.1. The second kappa shape index (κ2) is 7.51. The largest absolute Gasteiger partial charge is 0.490 e. The third-order valence-electron chi connectivity index (χ3n) is 3.47. The van der Waals surface area contributed by atoms with Crippen molar-refractivity contribution in [3.05, 3.63) is 71.8 Å². The first-order chi connectivity index (χ1) is 10.6. The lowest BCUT2D eigenvalue weighted by Crippen LogP contribution is -2.10. The average Bonchev–Trinajstić information content (AvgIpc) is 2.53. The summed E-state index contributed by atoms with van der Waals surface area (Å²) in [7, 11) is 0. The fourth-order valence-corrected chi connectivity index (χ4v) is 2.23. The van der Waals surface area contributed by atoms with E-state index in [1.807, 2.05) is 50.3 Å². The van der Waals surface area contributed by atoms with Gasteiger partial charge < -0.3 is 9.47 Å². The van der Waals surface area contributed by atoms with Crippen molar-refractivity contribution in [1.82, 2.24) is 0 Å². The molecule has 0 fully saturated rings. The zero-order valence-electron chi connectivity index (χ0n) is 13.3. The van der Waals surface area contributed by atoms with Crippen molar-refractivity contribution >= 4 is 12.2 Å². The van der Waals surface area contributed by atoms with Gasteiger partial charge in [-0.2, -0.15) is 0 Å². The minimum atomic E-state index is 0.511. The molecule has 0 heterocycles. The van der Waals surface area contributed by atoms with E-state index in [0.29, 0.717) is 13.2 Å². The Labute approximate surface area is 132 Å². The third kappa shape index (κ3) is 4.01. The van der Waals surface area contributed by atoms with Gasteiger partial charge in [-0.3, -0.25) is 0 Å². The molecule has 2 heteroatoms. The lowest BCUT2D eigenvalue weighted by atomic mass is 10.1. The van der Waals surface area contributed by atoms with Crippen LogP contribution in [0.5, 0.6) is 11.5 Å². The maximum atomic E-state index is 5.77. The van der Waals surface area contributed by atoms with Crippen molar-refractivity contribution in [1.29, 1.82) is 0 Å². The number of aryl methyl sites for hydroxylation is 2. The Balaban J connectivity index is 1.87. The first kappa shape index (κ1) is 15.9. The first-order valence-electron chi connectivity index (χ1n) is 7.36. The molecule has 0 atom stereocenters. The van der Waals surface area contributed by atoms with Gasteiger partial charge in [0.2, 0.25) is 0 Å². The van der Waals surface area contributed by atoms with E-state index in [1.54, 1.807) is 0 Å². The van der Waals surface area contributed by atoms with Crippen LogP contribution in [-0.2, 0) is 0 Å².